The second kappa shape index (κ2) is 11.7. The van der Waals surface area contributed by atoms with E-state index in [1.54, 1.807) is 42.5 Å². The highest BCUT2D eigenvalue weighted by atomic mass is 79.9. The zero-order chi connectivity index (χ0) is 31.3. The first kappa shape index (κ1) is 30.4. The van der Waals surface area contributed by atoms with Crippen LogP contribution in [0.4, 0.5) is 24.5 Å². The Morgan fingerprint density at radius 3 is 2.50 bits per heavy atom. The largest absolute Gasteiger partial charge is 0.483 e. The Balaban J connectivity index is 1.38. The van der Waals surface area contributed by atoms with Crippen LogP contribution in [0.1, 0.15) is 21.9 Å². The van der Waals surface area contributed by atoms with E-state index in [1.165, 1.54) is 12.1 Å². The van der Waals surface area contributed by atoms with Gasteiger partial charge in [-0.15, -0.1) is 0 Å². The Bertz CT molecular complexity index is 1860. The molecule has 2 aliphatic heterocycles. The fourth-order valence-electron chi connectivity index (χ4n) is 5.27. The van der Waals surface area contributed by atoms with E-state index < -0.39 is 63.7 Å². The van der Waals surface area contributed by atoms with Gasteiger partial charge in [-0.3, -0.25) is 19.2 Å². The molecule has 3 unspecified atom stereocenters. The standard InChI is InChI=1S/C29H18BrClF3N3O5S2/c30-13-5-10-19(42-12-20(38)35-15-8-6-14(31)7-9-15)16(11-13)21-22-24(43-25-23(21)44-28(41)36-25)27(40)37(26(22)39)18-4-2-1-3-17(18)29(32,33)34/h1-11,21-22,24H,12H2,(H,35,38)(H,36,41). The molecule has 1 fully saturated rings. The number of hydrogen-bond acceptors (Lipinski definition) is 7. The molecule has 2 aliphatic rings. The van der Waals surface area contributed by atoms with Crippen LogP contribution in [0.25, 0.3) is 0 Å². The molecule has 0 bridgehead atoms. The number of para-hydroxylation sites is 1. The number of hydrogen-bond donors (Lipinski definition) is 2. The molecule has 1 saturated heterocycles. The van der Waals surface area contributed by atoms with E-state index in [0.717, 1.165) is 35.2 Å². The number of anilines is 2. The molecule has 44 heavy (non-hydrogen) atoms. The highest BCUT2D eigenvalue weighted by molar-refractivity contribution is 9.10. The van der Waals surface area contributed by atoms with Crippen LogP contribution in [0.3, 0.4) is 0 Å². The average molecular weight is 725 g/mol. The van der Waals surface area contributed by atoms with Gasteiger partial charge in [0.25, 0.3) is 5.91 Å². The zero-order valence-electron chi connectivity index (χ0n) is 22.0. The molecule has 6 rings (SSSR count). The minimum atomic E-state index is -4.82. The molecule has 2 N–H and O–H groups in total. The number of carbonyl (C=O) groups excluding carboxylic acids is 3. The SMILES string of the molecule is O=C(COc1ccc(Br)cc1C1c2sc(=O)[nH]c2SC2C(=O)N(c3ccccc3C(F)(F)F)C(=O)C21)Nc1ccc(Cl)cc1. The number of benzene rings is 3. The lowest BCUT2D eigenvalue weighted by atomic mass is 9.82. The van der Waals surface area contributed by atoms with Crippen LogP contribution in [0.15, 0.2) is 81.0 Å². The summed E-state index contributed by atoms with van der Waals surface area (Å²) in [7, 11) is 0. The molecular weight excluding hydrogens is 707 g/mol. The smallest absolute Gasteiger partial charge is 0.418 e. The van der Waals surface area contributed by atoms with Crippen molar-refractivity contribution in [1.29, 1.82) is 0 Å². The lowest BCUT2D eigenvalue weighted by Gasteiger charge is -2.31. The summed E-state index contributed by atoms with van der Waals surface area (Å²) in [5.74, 6) is -4.10. The van der Waals surface area contributed by atoms with Crippen LogP contribution in [-0.4, -0.2) is 34.6 Å². The van der Waals surface area contributed by atoms with Crippen LogP contribution in [0, 0.1) is 5.92 Å². The highest BCUT2D eigenvalue weighted by Crippen LogP contribution is 2.55. The van der Waals surface area contributed by atoms with Gasteiger partial charge in [-0.25, -0.2) is 4.90 Å². The lowest BCUT2D eigenvalue weighted by molar-refractivity contribution is -0.137. The number of nitrogens with one attached hydrogen (secondary N) is 2. The molecule has 226 valence electrons. The number of thioether (sulfide) groups is 1. The number of amides is 3. The minimum absolute atomic E-state index is 0.191. The maximum absolute atomic E-state index is 14.0. The predicted molar refractivity (Wildman–Crippen MR) is 164 cm³/mol. The summed E-state index contributed by atoms with van der Waals surface area (Å²) in [6.07, 6.45) is -4.82. The number of alkyl halides is 3. The zero-order valence-corrected chi connectivity index (χ0v) is 26.0. The molecule has 3 atom stereocenters. The van der Waals surface area contributed by atoms with Gasteiger partial charge >= 0.3 is 11.0 Å². The van der Waals surface area contributed by atoms with Gasteiger partial charge in [0.1, 0.15) is 11.0 Å². The molecule has 8 nitrogen and oxygen atoms in total. The molecule has 0 aliphatic carbocycles. The summed E-state index contributed by atoms with van der Waals surface area (Å²) < 4.78 is 48.3. The number of ether oxygens (including phenoxy) is 1. The van der Waals surface area contributed by atoms with Gasteiger partial charge in [-0.1, -0.05) is 62.8 Å². The Hall–Kier alpha value is -3.59. The number of thiazole rings is 1. The number of carbonyl (C=O) groups is 3. The Kier molecular flexibility index (Phi) is 8.11. The summed E-state index contributed by atoms with van der Waals surface area (Å²) in [5, 5.41) is 2.38. The number of aromatic amines is 1. The third-order valence-corrected chi connectivity index (χ3v) is 10.2. The maximum Gasteiger partial charge on any atom is 0.418 e. The molecule has 0 spiro atoms. The van der Waals surface area contributed by atoms with Gasteiger partial charge in [0, 0.05) is 31.5 Å². The van der Waals surface area contributed by atoms with E-state index in [-0.39, 0.29) is 5.75 Å². The summed E-state index contributed by atoms with van der Waals surface area (Å²) in [6, 6.07) is 15.7. The van der Waals surface area contributed by atoms with Gasteiger partial charge in [0.2, 0.25) is 11.8 Å². The molecular formula is C29H18BrClF3N3O5S2. The lowest BCUT2D eigenvalue weighted by Crippen LogP contribution is -2.33. The normalized spacial score (nSPS) is 19.5. The topological polar surface area (TPSA) is 109 Å². The first-order chi connectivity index (χ1) is 20.9. The Morgan fingerprint density at radius 2 is 1.77 bits per heavy atom. The van der Waals surface area contributed by atoms with Crippen molar-refractivity contribution in [2.75, 3.05) is 16.8 Å². The number of imide groups is 1. The molecule has 3 aromatic carbocycles. The number of rotatable bonds is 6. The molecule has 3 heterocycles. The first-order valence-electron chi connectivity index (χ1n) is 12.8. The molecule has 0 radical (unpaired) electrons. The van der Waals surface area contributed by atoms with Gasteiger partial charge in [-0.2, -0.15) is 13.2 Å². The number of nitrogens with zero attached hydrogens (tertiary/aromatic N) is 1. The number of fused-ring (bicyclic) bond motifs is 2. The third-order valence-electron chi connectivity index (χ3n) is 7.07. The van der Waals surface area contributed by atoms with Crippen molar-refractivity contribution < 1.29 is 32.3 Å². The van der Waals surface area contributed by atoms with Crippen LogP contribution in [0.2, 0.25) is 5.02 Å². The monoisotopic (exact) mass is 723 g/mol. The van der Waals surface area contributed by atoms with Crippen molar-refractivity contribution in [3.8, 4) is 5.75 Å². The summed E-state index contributed by atoms with van der Waals surface area (Å²) in [5.41, 5.74) is -0.826. The van der Waals surface area contributed by atoms with Gasteiger partial charge in [0.05, 0.1) is 22.2 Å². The second-order valence-electron chi connectivity index (χ2n) is 9.80. The third kappa shape index (κ3) is 5.67. The summed E-state index contributed by atoms with van der Waals surface area (Å²) in [6.45, 7) is -0.430. The minimum Gasteiger partial charge on any atom is -0.483 e. The van der Waals surface area contributed by atoms with Crippen LogP contribution < -0.4 is 19.8 Å². The van der Waals surface area contributed by atoms with Crippen molar-refractivity contribution in [3.63, 3.8) is 0 Å². The predicted octanol–water partition coefficient (Wildman–Crippen LogP) is 6.68. The molecule has 3 amide bonds. The number of H-pyrrole nitrogens is 1. The van der Waals surface area contributed by atoms with E-state index in [1.807, 2.05) is 0 Å². The summed E-state index contributed by atoms with van der Waals surface area (Å²) >= 11 is 11.1. The number of aromatic nitrogens is 1. The summed E-state index contributed by atoms with van der Waals surface area (Å²) in [4.78, 5) is 56.2. The second-order valence-corrected chi connectivity index (χ2v) is 13.3. The highest BCUT2D eigenvalue weighted by Gasteiger charge is 2.57. The number of halogens is 5. The Morgan fingerprint density at radius 1 is 1.05 bits per heavy atom. The quantitative estimate of drug-likeness (QED) is 0.215. The average Bonchev–Trinajstić information content (AvgIpc) is 3.47. The van der Waals surface area contributed by atoms with E-state index in [9.17, 15) is 32.3 Å². The first-order valence-corrected chi connectivity index (χ1v) is 15.7. The molecule has 0 saturated carbocycles. The fourth-order valence-corrected chi connectivity index (χ4v) is 8.28. The fraction of sp³-hybridized carbons (Fsp3) is 0.172. The van der Waals surface area contributed by atoms with Crippen molar-refractivity contribution in [2.45, 2.75) is 22.4 Å². The van der Waals surface area contributed by atoms with E-state index in [0.29, 0.717) is 35.5 Å². The van der Waals surface area contributed by atoms with Crippen molar-refractivity contribution >= 4 is 79.7 Å². The Labute approximate surface area is 268 Å². The van der Waals surface area contributed by atoms with Crippen molar-refractivity contribution in [1.82, 2.24) is 4.98 Å². The molecule has 1 aromatic heterocycles. The van der Waals surface area contributed by atoms with E-state index in [2.05, 4.69) is 26.2 Å². The molecule has 15 heteroatoms. The van der Waals surface area contributed by atoms with E-state index >= 15 is 0 Å². The van der Waals surface area contributed by atoms with Gasteiger partial charge < -0.3 is 15.0 Å². The van der Waals surface area contributed by atoms with Crippen LogP contribution in [0.5, 0.6) is 5.75 Å². The van der Waals surface area contributed by atoms with Crippen molar-refractivity contribution in [3.05, 3.63) is 102 Å². The van der Waals surface area contributed by atoms with Gasteiger partial charge in [-0.05, 0) is 54.6 Å². The maximum atomic E-state index is 14.0. The molecule has 4 aromatic rings. The van der Waals surface area contributed by atoms with E-state index in [4.69, 9.17) is 16.3 Å². The van der Waals surface area contributed by atoms with Crippen LogP contribution in [-0.2, 0) is 20.6 Å². The van der Waals surface area contributed by atoms with Gasteiger partial charge in [0.15, 0.2) is 6.61 Å². The van der Waals surface area contributed by atoms with Crippen molar-refractivity contribution in [2.24, 2.45) is 5.92 Å². The van der Waals surface area contributed by atoms with Crippen LogP contribution >= 0.6 is 50.6 Å².